The lowest BCUT2D eigenvalue weighted by Gasteiger charge is -2.03. The third-order valence-electron chi connectivity index (χ3n) is 2.55. The van der Waals surface area contributed by atoms with Crippen molar-refractivity contribution in [3.63, 3.8) is 0 Å². The van der Waals surface area contributed by atoms with Crippen LogP contribution >= 0.6 is 12.2 Å². The molecule has 0 bridgehead atoms. The molecule has 2 nitrogen and oxygen atoms in total. The Morgan fingerprint density at radius 2 is 2.12 bits per heavy atom. The van der Waals surface area contributed by atoms with Crippen LogP contribution in [0.1, 0.15) is 24.6 Å². The predicted molar refractivity (Wildman–Crippen MR) is 69.7 cm³/mol. The van der Waals surface area contributed by atoms with Gasteiger partial charge in [-0.15, -0.1) is 0 Å². The molecule has 0 aliphatic rings. The van der Waals surface area contributed by atoms with Crippen molar-refractivity contribution in [2.24, 2.45) is 0 Å². The Labute approximate surface area is 101 Å². The molecule has 2 aromatic rings. The molecule has 0 aliphatic heterocycles. The zero-order valence-electron chi connectivity index (χ0n) is 9.66. The lowest BCUT2D eigenvalue weighted by Crippen LogP contribution is -1.97. The van der Waals surface area contributed by atoms with Crippen LogP contribution in [0.4, 0.5) is 0 Å². The summed E-state index contributed by atoms with van der Waals surface area (Å²) < 4.78 is 2.81. The number of aromatic nitrogens is 2. The smallest absolute Gasteiger partial charge is 0.127 e. The number of nitrogens with zero attached hydrogens (tertiary/aromatic N) is 1. The van der Waals surface area contributed by atoms with Gasteiger partial charge in [0.15, 0.2) is 0 Å². The SMILES string of the molecule is CCCc1cc(=S)n(-c2cccc(C)c2)[nH]1. The average Bonchev–Trinajstić information content (AvgIpc) is 2.60. The number of rotatable bonds is 3. The Morgan fingerprint density at radius 3 is 2.81 bits per heavy atom. The number of nitrogens with one attached hydrogen (secondary N) is 1. The first kappa shape index (κ1) is 11.1. The Balaban J connectivity index is 2.44. The molecule has 0 saturated heterocycles. The maximum Gasteiger partial charge on any atom is 0.127 e. The number of hydrogen-bond acceptors (Lipinski definition) is 1. The minimum Gasteiger partial charge on any atom is -0.297 e. The summed E-state index contributed by atoms with van der Waals surface area (Å²) in [5.41, 5.74) is 3.55. The summed E-state index contributed by atoms with van der Waals surface area (Å²) in [6, 6.07) is 10.4. The van der Waals surface area contributed by atoms with Gasteiger partial charge in [0, 0.05) is 5.69 Å². The van der Waals surface area contributed by atoms with E-state index in [2.05, 4.69) is 37.1 Å². The van der Waals surface area contributed by atoms with E-state index in [0.717, 1.165) is 23.2 Å². The van der Waals surface area contributed by atoms with Crippen LogP contribution in [0.5, 0.6) is 0 Å². The van der Waals surface area contributed by atoms with Crippen LogP contribution in [-0.2, 0) is 6.42 Å². The molecule has 0 saturated carbocycles. The van der Waals surface area contributed by atoms with Gasteiger partial charge in [0.05, 0.1) is 5.69 Å². The highest BCUT2D eigenvalue weighted by atomic mass is 32.1. The van der Waals surface area contributed by atoms with Crippen LogP contribution in [0.2, 0.25) is 0 Å². The minimum absolute atomic E-state index is 0.842. The summed E-state index contributed by atoms with van der Waals surface area (Å²) in [7, 11) is 0. The third-order valence-corrected chi connectivity index (χ3v) is 2.85. The molecule has 0 aliphatic carbocycles. The highest BCUT2D eigenvalue weighted by molar-refractivity contribution is 7.71. The first-order chi connectivity index (χ1) is 7.70. The standard InChI is InChI=1S/C13H16N2S/c1-3-5-11-9-13(16)15(14-11)12-7-4-6-10(2)8-12/h4,6-9,14H,3,5H2,1-2H3. The molecule has 0 fully saturated rings. The number of aryl methyl sites for hydroxylation is 2. The van der Waals surface area contributed by atoms with Gasteiger partial charge in [-0.05, 0) is 37.1 Å². The molecule has 0 radical (unpaired) electrons. The van der Waals surface area contributed by atoms with E-state index in [1.807, 2.05) is 16.8 Å². The van der Waals surface area contributed by atoms with Crippen molar-refractivity contribution in [3.05, 3.63) is 46.2 Å². The second kappa shape index (κ2) is 4.66. The maximum atomic E-state index is 5.34. The van der Waals surface area contributed by atoms with Crippen LogP contribution in [0.3, 0.4) is 0 Å². The van der Waals surface area contributed by atoms with Crippen molar-refractivity contribution < 1.29 is 0 Å². The summed E-state index contributed by atoms with van der Waals surface area (Å²) in [4.78, 5) is 0. The van der Waals surface area contributed by atoms with E-state index in [1.54, 1.807) is 0 Å². The van der Waals surface area contributed by atoms with E-state index in [1.165, 1.54) is 11.3 Å². The second-order valence-corrected chi connectivity index (χ2v) is 4.46. The summed E-state index contributed by atoms with van der Waals surface area (Å²) in [6.45, 7) is 4.25. The van der Waals surface area contributed by atoms with E-state index in [-0.39, 0.29) is 0 Å². The van der Waals surface area contributed by atoms with Gasteiger partial charge in [-0.2, -0.15) is 0 Å². The molecular formula is C13H16N2S. The summed E-state index contributed by atoms with van der Waals surface area (Å²) in [5.74, 6) is 0. The van der Waals surface area contributed by atoms with E-state index in [0.29, 0.717) is 0 Å². The molecule has 1 aromatic heterocycles. The highest BCUT2D eigenvalue weighted by Gasteiger charge is 2.01. The van der Waals surface area contributed by atoms with Crippen molar-refractivity contribution in [2.45, 2.75) is 26.7 Å². The molecule has 0 unspecified atom stereocenters. The second-order valence-electron chi connectivity index (χ2n) is 4.04. The lowest BCUT2D eigenvalue weighted by atomic mass is 10.2. The molecule has 84 valence electrons. The fraction of sp³-hybridized carbons (Fsp3) is 0.308. The van der Waals surface area contributed by atoms with Gasteiger partial charge in [-0.25, -0.2) is 4.68 Å². The fourth-order valence-corrected chi connectivity index (χ4v) is 2.09. The number of benzene rings is 1. The van der Waals surface area contributed by atoms with Crippen molar-refractivity contribution in [3.8, 4) is 5.69 Å². The maximum absolute atomic E-state index is 5.34. The Bertz CT molecular complexity index is 537. The molecule has 1 aromatic carbocycles. The molecule has 3 heteroatoms. The summed E-state index contributed by atoms with van der Waals surface area (Å²) in [6.07, 6.45) is 2.17. The first-order valence-electron chi connectivity index (χ1n) is 5.58. The highest BCUT2D eigenvalue weighted by Crippen LogP contribution is 2.12. The van der Waals surface area contributed by atoms with Crippen LogP contribution in [-0.4, -0.2) is 9.78 Å². The van der Waals surface area contributed by atoms with E-state index in [4.69, 9.17) is 12.2 Å². The van der Waals surface area contributed by atoms with Gasteiger partial charge in [0.2, 0.25) is 0 Å². The van der Waals surface area contributed by atoms with Crippen molar-refractivity contribution in [2.75, 3.05) is 0 Å². The van der Waals surface area contributed by atoms with Gasteiger partial charge in [0.1, 0.15) is 4.64 Å². The fourth-order valence-electron chi connectivity index (χ4n) is 1.80. The van der Waals surface area contributed by atoms with Crippen LogP contribution in [0.25, 0.3) is 5.69 Å². The molecule has 1 heterocycles. The number of hydrogen-bond donors (Lipinski definition) is 1. The molecule has 1 N–H and O–H groups in total. The number of aromatic amines is 1. The molecule has 0 spiro atoms. The van der Waals surface area contributed by atoms with Gasteiger partial charge in [-0.3, -0.25) is 5.10 Å². The molecule has 0 atom stereocenters. The van der Waals surface area contributed by atoms with Gasteiger partial charge < -0.3 is 0 Å². The van der Waals surface area contributed by atoms with Crippen LogP contribution in [0, 0.1) is 11.6 Å². The Morgan fingerprint density at radius 1 is 1.31 bits per heavy atom. The van der Waals surface area contributed by atoms with E-state index >= 15 is 0 Å². The van der Waals surface area contributed by atoms with Gasteiger partial charge >= 0.3 is 0 Å². The van der Waals surface area contributed by atoms with Gasteiger partial charge in [-0.1, -0.05) is 37.7 Å². The third kappa shape index (κ3) is 2.25. The minimum atomic E-state index is 0.842. The van der Waals surface area contributed by atoms with E-state index < -0.39 is 0 Å². The van der Waals surface area contributed by atoms with Crippen molar-refractivity contribution >= 4 is 12.2 Å². The summed E-state index contributed by atoms with van der Waals surface area (Å²) >= 11 is 5.34. The van der Waals surface area contributed by atoms with Gasteiger partial charge in [0.25, 0.3) is 0 Å². The normalized spacial score (nSPS) is 10.6. The van der Waals surface area contributed by atoms with Crippen LogP contribution < -0.4 is 0 Å². The summed E-state index contributed by atoms with van der Waals surface area (Å²) in [5, 5.41) is 3.34. The zero-order valence-corrected chi connectivity index (χ0v) is 10.5. The van der Waals surface area contributed by atoms with Crippen LogP contribution in [0.15, 0.2) is 30.3 Å². The van der Waals surface area contributed by atoms with Crippen molar-refractivity contribution in [1.29, 1.82) is 0 Å². The first-order valence-corrected chi connectivity index (χ1v) is 5.99. The molecule has 16 heavy (non-hydrogen) atoms. The molecule has 0 amide bonds. The molecule has 2 rings (SSSR count). The monoisotopic (exact) mass is 232 g/mol. The Hall–Kier alpha value is -1.35. The quantitative estimate of drug-likeness (QED) is 0.798. The largest absolute Gasteiger partial charge is 0.297 e. The topological polar surface area (TPSA) is 20.7 Å². The zero-order chi connectivity index (χ0) is 11.5. The lowest BCUT2D eigenvalue weighted by molar-refractivity contribution is 0.801. The molecular weight excluding hydrogens is 216 g/mol. The number of H-pyrrole nitrogens is 1. The predicted octanol–water partition coefficient (Wildman–Crippen LogP) is 3.80. The average molecular weight is 232 g/mol. The van der Waals surface area contributed by atoms with Crippen molar-refractivity contribution in [1.82, 2.24) is 9.78 Å². The van der Waals surface area contributed by atoms with E-state index in [9.17, 15) is 0 Å². The Kier molecular flexibility index (Phi) is 3.25.